The van der Waals surface area contributed by atoms with Gasteiger partial charge in [-0.1, -0.05) is 37.6 Å². The van der Waals surface area contributed by atoms with Crippen LogP contribution in [0.4, 0.5) is 0 Å². The van der Waals surface area contributed by atoms with Crippen molar-refractivity contribution in [3.63, 3.8) is 0 Å². The van der Waals surface area contributed by atoms with Gasteiger partial charge >= 0.3 is 0 Å². The van der Waals surface area contributed by atoms with Crippen LogP contribution in [0, 0.1) is 5.92 Å². The molecule has 2 aliphatic carbocycles. The predicted molar refractivity (Wildman–Crippen MR) is 72.3 cm³/mol. The maximum absolute atomic E-state index is 3.77. The van der Waals surface area contributed by atoms with Crippen molar-refractivity contribution in [1.29, 1.82) is 0 Å². The fraction of sp³-hybridized carbons (Fsp3) is 0.625. The summed E-state index contributed by atoms with van der Waals surface area (Å²) in [5.41, 5.74) is 3.23. The first-order valence-corrected chi connectivity index (χ1v) is 7.21. The largest absolute Gasteiger partial charge is 0.313 e. The molecule has 0 radical (unpaired) electrons. The number of likely N-dealkylation sites (N-methyl/N-ethyl adjacent to an activating group) is 1. The molecule has 92 valence electrons. The molecule has 1 fully saturated rings. The van der Waals surface area contributed by atoms with E-state index in [9.17, 15) is 0 Å². The molecule has 2 unspecified atom stereocenters. The maximum atomic E-state index is 3.77. The van der Waals surface area contributed by atoms with Crippen molar-refractivity contribution >= 4 is 0 Å². The molecule has 3 rings (SSSR count). The van der Waals surface area contributed by atoms with Gasteiger partial charge in [-0.2, -0.15) is 0 Å². The lowest BCUT2D eigenvalue weighted by Gasteiger charge is -2.38. The van der Waals surface area contributed by atoms with Crippen LogP contribution in [0.5, 0.6) is 0 Å². The third-order valence-electron chi connectivity index (χ3n) is 4.71. The Kier molecular flexibility index (Phi) is 3.19. The Bertz CT molecular complexity index is 381. The van der Waals surface area contributed by atoms with Gasteiger partial charge in [-0.25, -0.2) is 0 Å². The van der Waals surface area contributed by atoms with Crippen LogP contribution in [-0.4, -0.2) is 12.6 Å². The Labute approximate surface area is 105 Å². The van der Waals surface area contributed by atoms with Gasteiger partial charge in [0.15, 0.2) is 0 Å². The fourth-order valence-electron chi connectivity index (χ4n) is 3.64. The van der Waals surface area contributed by atoms with Crippen LogP contribution in [-0.2, 0) is 6.42 Å². The summed E-state index contributed by atoms with van der Waals surface area (Å²) in [6.07, 6.45) is 6.97. The predicted octanol–water partition coefficient (Wildman–Crippen LogP) is 3.49. The molecule has 1 heteroatoms. The number of hydrogen-bond acceptors (Lipinski definition) is 1. The first-order chi connectivity index (χ1) is 8.40. The molecule has 1 nitrogen and oxygen atoms in total. The third-order valence-corrected chi connectivity index (χ3v) is 4.71. The molecule has 0 saturated heterocycles. The van der Waals surface area contributed by atoms with Crippen molar-refractivity contribution in [3.05, 3.63) is 35.4 Å². The van der Waals surface area contributed by atoms with Gasteiger partial charge in [0, 0.05) is 12.0 Å². The highest BCUT2D eigenvalue weighted by atomic mass is 14.9. The van der Waals surface area contributed by atoms with Gasteiger partial charge in [-0.3, -0.25) is 0 Å². The summed E-state index contributed by atoms with van der Waals surface area (Å²) in [6.45, 7) is 3.35. The Morgan fingerprint density at radius 1 is 1.24 bits per heavy atom. The zero-order chi connectivity index (χ0) is 11.7. The number of fused-ring (bicyclic) bond motifs is 1. The van der Waals surface area contributed by atoms with Crippen LogP contribution < -0.4 is 5.32 Å². The van der Waals surface area contributed by atoms with Gasteiger partial charge in [0.25, 0.3) is 0 Å². The molecule has 1 aromatic rings. The number of rotatable bonds is 4. The van der Waals surface area contributed by atoms with Gasteiger partial charge in [0.1, 0.15) is 0 Å². The van der Waals surface area contributed by atoms with Crippen LogP contribution in [0.1, 0.15) is 49.7 Å². The van der Waals surface area contributed by atoms with E-state index in [0.717, 1.165) is 24.4 Å². The van der Waals surface area contributed by atoms with Gasteiger partial charge in [0.2, 0.25) is 0 Å². The first kappa shape index (κ1) is 11.3. The second-order valence-electron chi connectivity index (χ2n) is 5.62. The Balaban J connectivity index is 1.82. The smallest absolute Gasteiger partial charge is 0.0164 e. The number of hydrogen-bond donors (Lipinski definition) is 1. The number of aryl methyl sites for hydroxylation is 1. The Morgan fingerprint density at radius 3 is 2.76 bits per heavy atom. The Morgan fingerprint density at radius 2 is 2.06 bits per heavy atom. The van der Waals surface area contributed by atoms with Crippen molar-refractivity contribution in [2.75, 3.05) is 6.54 Å². The standard InChI is InChI=1S/C16H23N/c1-2-17-16(13-7-5-8-13)15-11-10-12-6-3-4-9-14(12)15/h3-4,6,9,13,15-17H,2,5,7-8,10-11H2,1H3. The van der Waals surface area contributed by atoms with E-state index >= 15 is 0 Å². The number of benzene rings is 1. The first-order valence-electron chi connectivity index (χ1n) is 7.21. The second kappa shape index (κ2) is 4.81. The summed E-state index contributed by atoms with van der Waals surface area (Å²) in [4.78, 5) is 0. The molecule has 1 N–H and O–H groups in total. The minimum absolute atomic E-state index is 0.734. The van der Waals surface area contributed by atoms with E-state index in [4.69, 9.17) is 0 Å². The normalized spacial score (nSPS) is 25.4. The zero-order valence-electron chi connectivity index (χ0n) is 10.8. The van der Waals surface area contributed by atoms with E-state index in [-0.39, 0.29) is 0 Å². The topological polar surface area (TPSA) is 12.0 Å². The molecule has 1 aromatic carbocycles. The van der Waals surface area contributed by atoms with E-state index in [1.165, 1.54) is 32.1 Å². The molecule has 0 heterocycles. The van der Waals surface area contributed by atoms with E-state index in [2.05, 4.69) is 36.5 Å². The van der Waals surface area contributed by atoms with E-state index < -0.39 is 0 Å². The maximum Gasteiger partial charge on any atom is 0.0164 e. The van der Waals surface area contributed by atoms with Gasteiger partial charge in [-0.05, 0) is 49.3 Å². The summed E-state index contributed by atoms with van der Waals surface area (Å²) in [5, 5.41) is 3.77. The van der Waals surface area contributed by atoms with Crippen LogP contribution in [0.3, 0.4) is 0 Å². The van der Waals surface area contributed by atoms with Crippen molar-refractivity contribution < 1.29 is 0 Å². The minimum atomic E-state index is 0.734. The van der Waals surface area contributed by atoms with Crippen LogP contribution in [0.15, 0.2) is 24.3 Å². The highest BCUT2D eigenvalue weighted by Crippen LogP contribution is 2.42. The quantitative estimate of drug-likeness (QED) is 0.833. The molecule has 0 amide bonds. The molecule has 0 bridgehead atoms. The van der Waals surface area contributed by atoms with E-state index in [0.29, 0.717) is 0 Å². The highest BCUT2D eigenvalue weighted by Gasteiger charge is 2.36. The number of nitrogens with one attached hydrogen (secondary N) is 1. The SMILES string of the molecule is CCNC(C1CCC1)C1CCc2ccccc21. The molecular weight excluding hydrogens is 206 g/mol. The van der Waals surface area contributed by atoms with E-state index in [1.54, 1.807) is 11.1 Å². The van der Waals surface area contributed by atoms with Crippen LogP contribution in [0.25, 0.3) is 0 Å². The summed E-state index contributed by atoms with van der Waals surface area (Å²) < 4.78 is 0. The molecule has 2 atom stereocenters. The Hall–Kier alpha value is -0.820. The zero-order valence-corrected chi connectivity index (χ0v) is 10.8. The second-order valence-corrected chi connectivity index (χ2v) is 5.62. The molecule has 0 aromatic heterocycles. The molecule has 1 saturated carbocycles. The molecular formula is C16H23N. The van der Waals surface area contributed by atoms with Gasteiger partial charge in [-0.15, -0.1) is 0 Å². The highest BCUT2D eigenvalue weighted by molar-refractivity contribution is 5.36. The van der Waals surface area contributed by atoms with Gasteiger partial charge < -0.3 is 5.32 Å². The summed E-state index contributed by atoms with van der Waals surface area (Å²) in [7, 11) is 0. The fourth-order valence-corrected chi connectivity index (χ4v) is 3.64. The minimum Gasteiger partial charge on any atom is -0.313 e. The summed E-state index contributed by atoms with van der Waals surface area (Å²) in [6, 6.07) is 9.81. The summed E-state index contributed by atoms with van der Waals surface area (Å²) in [5.74, 6) is 1.71. The monoisotopic (exact) mass is 229 g/mol. The third kappa shape index (κ3) is 2.01. The average molecular weight is 229 g/mol. The lowest BCUT2D eigenvalue weighted by molar-refractivity contribution is 0.204. The lowest BCUT2D eigenvalue weighted by Crippen LogP contribution is -2.43. The lowest BCUT2D eigenvalue weighted by atomic mass is 9.73. The molecule has 17 heavy (non-hydrogen) atoms. The van der Waals surface area contributed by atoms with Crippen molar-refractivity contribution in [2.24, 2.45) is 5.92 Å². The van der Waals surface area contributed by atoms with Crippen molar-refractivity contribution in [1.82, 2.24) is 5.32 Å². The van der Waals surface area contributed by atoms with Crippen molar-refractivity contribution in [3.8, 4) is 0 Å². The average Bonchev–Trinajstić information content (AvgIpc) is 2.69. The molecule has 2 aliphatic rings. The van der Waals surface area contributed by atoms with Crippen molar-refractivity contribution in [2.45, 2.75) is 51.0 Å². The molecule has 0 aliphatic heterocycles. The van der Waals surface area contributed by atoms with Gasteiger partial charge in [0.05, 0.1) is 0 Å². The van der Waals surface area contributed by atoms with Crippen LogP contribution >= 0.6 is 0 Å². The summed E-state index contributed by atoms with van der Waals surface area (Å²) >= 11 is 0. The van der Waals surface area contributed by atoms with E-state index in [1.807, 2.05) is 0 Å². The molecule has 0 spiro atoms. The van der Waals surface area contributed by atoms with Crippen LogP contribution in [0.2, 0.25) is 0 Å².